The van der Waals surface area contributed by atoms with Gasteiger partial charge in [0.15, 0.2) is 0 Å². The highest BCUT2D eigenvalue weighted by atomic mass is 15.0. The van der Waals surface area contributed by atoms with Crippen molar-refractivity contribution in [3.63, 3.8) is 0 Å². The lowest BCUT2D eigenvalue weighted by atomic mass is 10.3. The Kier molecular flexibility index (Phi) is 1.02. The zero-order valence-electron chi connectivity index (χ0n) is 10.6. The van der Waals surface area contributed by atoms with Crippen LogP contribution in [0, 0.1) is 0 Å². The minimum atomic E-state index is -2.53. The second-order valence-electron chi connectivity index (χ2n) is 1.51. The maximum Gasteiger partial charge on any atom is 0.0394 e. The van der Waals surface area contributed by atoms with Gasteiger partial charge >= 0.3 is 0 Å². The molecule has 0 saturated heterocycles. The van der Waals surface area contributed by atoms with E-state index in [1.54, 1.807) is 0 Å². The van der Waals surface area contributed by atoms with Crippen molar-refractivity contribution in [1.82, 2.24) is 4.90 Å². The molecule has 0 heterocycles. The molecule has 0 unspecified atom stereocenters. The fourth-order valence-corrected chi connectivity index (χ4v) is 0.316. The van der Waals surface area contributed by atoms with Crippen molar-refractivity contribution in [3.8, 4) is 0 Å². The lowest BCUT2D eigenvalue weighted by Crippen LogP contribution is -2.12. The third kappa shape index (κ3) is 5.96. The van der Waals surface area contributed by atoms with E-state index in [9.17, 15) is 0 Å². The van der Waals surface area contributed by atoms with Crippen LogP contribution in [0.2, 0.25) is 0 Å². The van der Waals surface area contributed by atoms with E-state index in [1.807, 2.05) is 6.92 Å². The monoisotopic (exact) mass is 107 g/mol. The van der Waals surface area contributed by atoms with Crippen LogP contribution < -0.4 is 0 Å². The summed E-state index contributed by atoms with van der Waals surface area (Å²) in [6, 6.07) is 0. The molecular weight excluding hydrogens is 86.1 g/mol. The molecule has 7 heavy (non-hydrogen) atoms. The molecule has 0 fully saturated rings. The molecule has 0 aliphatic heterocycles. The molecule has 0 aromatic carbocycles. The predicted octanol–water partition coefficient (Wildman–Crippen LogP) is 1.35. The molecule has 44 valence electrons. The van der Waals surface area contributed by atoms with Crippen LogP contribution in [0.4, 0.5) is 0 Å². The van der Waals surface area contributed by atoms with Gasteiger partial charge in [-0.25, -0.2) is 0 Å². The van der Waals surface area contributed by atoms with Gasteiger partial charge in [0.05, 0.1) is 0 Å². The molecule has 0 atom stereocenters. The van der Waals surface area contributed by atoms with Crippen molar-refractivity contribution in [1.29, 1.82) is 0 Å². The topological polar surface area (TPSA) is 3.24 Å². The van der Waals surface area contributed by atoms with Crippen molar-refractivity contribution in [2.24, 2.45) is 0 Å². The summed E-state index contributed by atoms with van der Waals surface area (Å²) in [5.41, 5.74) is 0. The molecule has 0 aliphatic rings. The largest absolute Gasteiger partial charge is 0.309 e. The van der Waals surface area contributed by atoms with Gasteiger partial charge in [-0.05, 0) is 26.9 Å². The fraction of sp³-hybridized carbons (Fsp3) is 1.00. The molecule has 1 nitrogen and oxygen atoms in total. The third-order valence-corrected chi connectivity index (χ3v) is 0.735. The Labute approximate surface area is 54.8 Å². The molecule has 0 bridgehead atoms. The zero-order chi connectivity index (χ0) is 10.7. The van der Waals surface area contributed by atoms with Crippen LogP contribution in [0.15, 0.2) is 0 Å². The first-order valence-electron chi connectivity index (χ1n) is 5.47. The van der Waals surface area contributed by atoms with Gasteiger partial charge in [0.2, 0.25) is 0 Å². The number of unbranched alkanes of at least 4 members (excludes halogenated alkanes) is 1. The van der Waals surface area contributed by atoms with E-state index < -0.39 is 14.0 Å². The average molecular weight is 107 g/mol. The van der Waals surface area contributed by atoms with Crippen LogP contribution >= 0.6 is 0 Å². The van der Waals surface area contributed by atoms with Gasteiger partial charge in [-0.1, -0.05) is 13.3 Å². The van der Waals surface area contributed by atoms with Crippen molar-refractivity contribution in [3.05, 3.63) is 0 Å². The second-order valence-corrected chi connectivity index (χ2v) is 1.51. The maximum atomic E-state index is 7.02. The highest BCUT2D eigenvalue weighted by Crippen LogP contribution is 1.86. The first kappa shape index (κ1) is 1.73. The summed E-state index contributed by atoms with van der Waals surface area (Å²) < 4.78 is 42.1. The van der Waals surface area contributed by atoms with Crippen molar-refractivity contribution >= 4 is 0 Å². The zero-order valence-corrected chi connectivity index (χ0v) is 4.57. The maximum absolute atomic E-state index is 7.02. The van der Waals surface area contributed by atoms with E-state index in [1.165, 1.54) is 0 Å². The molecule has 0 saturated carbocycles. The van der Waals surface area contributed by atoms with Crippen molar-refractivity contribution in [2.45, 2.75) is 19.8 Å². The van der Waals surface area contributed by atoms with Crippen molar-refractivity contribution in [2.75, 3.05) is 20.5 Å². The standard InChI is InChI=1S/C6H15N/c1-4-5-6-7(2)3/h4-6H2,1-3H3/i2D3,3D3. The highest BCUT2D eigenvalue weighted by Gasteiger charge is 1.83. The molecule has 0 amide bonds. The molecule has 1 heteroatoms. The first-order valence-corrected chi connectivity index (χ1v) is 2.47. The smallest absolute Gasteiger partial charge is 0.0394 e. The summed E-state index contributed by atoms with van der Waals surface area (Å²) in [5, 5.41) is 0. The van der Waals surface area contributed by atoms with Gasteiger partial charge in [0, 0.05) is 8.22 Å². The van der Waals surface area contributed by atoms with Gasteiger partial charge in [-0.15, -0.1) is 0 Å². The molecule has 0 aromatic rings. The normalized spacial score (nSPS) is 26.6. The molecular formula is C6H15N. The summed E-state index contributed by atoms with van der Waals surface area (Å²) in [6.45, 7) is -3.08. The van der Waals surface area contributed by atoms with Gasteiger partial charge in [-0.3, -0.25) is 0 Å². The van der Waals surface area contributed by atoms with E-state index in [0.717, 1.165) is 6.42 Å². The Bertz CT molecular complexity index is 134. The van der Waals surface area contributed by atoms with Crippen molar-refractivity contribution < 1.29 is 8.22 Å². The highest BCUT2D eigenvalue weighted by molar-refractivity contribution is 4.39. The lowest BCUT2D eigenvalue weighted by molar-refractivity contribution is 0.398. The van der Waals surface area contributed by atoms with Gasteiger partial charge < -0.3 is 4.90 Å². The Morgan fingerprint density at radius 2 is 2.29 bits per heavy atom. The summed E-state index contributed by atoms with van der Waals surface area (Å²) >= 11 is 0. The minimum Gasteiger partial charge on any atom is -0.309 e. The number of nitrogens with zero attached hydrogens (tertiary/aromatic N) is 1. The Balaban J connectivity index is 4.39. The summed E-state index contributed by atoms with van der Waals surface area (Å²) in [4.78, 5) is 0.587. The minimum absolute atomic E-state index is 0.0868. The fourth-order valence-electron chi connectivity index (χ4n) is 0.316. The molecule has 0 rings (SSSR count). The average Bonchev–Trinajstić information content (AvgIpc) is 1.81. The first-order chi connectivity index (χ1) is 5.69. The van der Waals surface area contributed by atoms with Crippen LogP contribution in [0.5, 0.6) is 0 Å². The quantitative estimate of drug-likeness (QED) is 0.526. The van der Waals surface area contributed by atoms with Crippen LogP contribution in [0.25, 0.3) is 0 Å². The van der Waals surface area contributed by atoms with Gasteiger partial charge in [-0.2, -0.15) is 0 Å². The number of hydrogen-bond donors (Lipinski definition) is 0. The third-order valence-electron chi connectivity index (χ3n) is 0.735. The van der Waals surface area contributed by atoms with Crippen LogP contribution in [0.3, 0.4) is 0 Å². The van der Waals surface area contributed by atoms with Crippen LogP contribution in [0.1, 0.15) is 28.0 Å². The number of rotatable bonds is 3. The Hall–Kier alpha value is -0.0400. The second kappa shape index (κ2) is 4.13. The van der Waals surface area contributed by atoms with Crippen LogP contribution in [-0.2, 0) is 0 Å². The van der Waals surface area contributed by atoms with E-state index in [2.05, 4.69) is 0 Å². The predicted molar refractivity (Wildman–Crippen MR) is 33.5 cm³/mol. The molecule has 0 N–H and O–H groups in total. The molecule has 0 aliphatic carbocycles. The summed E-state index contributed by atoms with van der Waals surface area (Å²) in [7, 11) is 0. The molecule has 0 radical (unpaired) electrons. The van der Waals surface area contributed by atoms with Gasteiger partial charge in [0.25, 0.3) is 0 Å². The van der Waals surface area contributed by atoms with Crippen LogP contribution in [-0.4, -0.2) is 25.4 Å². The number of hydrogen-bond acceptors (Lipinski definition) is 1. The van der Waals surface area contributed by atoms with E-state index in [-0.39, 0.29) is 6.54 Å². The van der Waals surface area contributed by atoms with E-state index in [4.69, 9.17) is 8.22 Å². The lowest BCUT2D eigenvalue weighted by Gasteiger charge is -2.05. The Morgan fingerprint density at radius 3 is 2.71 bits per heavy atom. The Morgan fingerprint density at radius 1 is 1.57 bits per heavy atom. The molecule has 0 spiro atoms. The van der Waals surface area contributed by atoms with Gasteiger partial charge in [0.1, 0.15) is 0 Å². The van der Waals surface area contributed by atoms with E-state index >= 15 is 0 Å². The van der Waals surface area contributed by atoms with E-state index in [0.29, 0.717) is 11.3 Å². The summed E-state index contributed by atoms with van der Waals surface area (Å²) in [6.07, 6.45) is 1.36. The molecule has 0 aromatic heterocycles. The summed E-state index contributed by atoms with van der Waals surface area (Å²) in [5.74, 6) is 0. The SMILES string of the molecule is [2H]C([2H])([2H])N(CCCC)C([2H])([2H])[2H].